The first-order valence-electron chi connectivity index (χ1n) is 7.70. The Balaban J connectivity index is 1.73. The van der Waals surface area contributed by atoms with Gasteiger partial charge in [-0.1, -0.05) is 36.4 Å². The summed E-state index contributed by atoms with van der Waals surface area (Å²) in [6.45, 7) is 6.13. The Morgan fingerprint density at radius 3 is 1.36 bits per heavy atom. The Morgan fingerprint density at radius 1 is 0.591 bits per heavy atom. The Labute approximate surface area is 132 Å². The number of pyridine rings is 2. The molecule has 0 N–H and O–H groups in total. The molecule has 0 atom stereocenters. The third-order valence-corrected chi connectivity index (χ3v) is 4.06. The monoisotopic (exact) mass is 290 g/mol. The van der Waals surface area contributed by atoms with E-state index in [-0.39, 0.29) is 0 Å². The highest BCUT2D eigenvalue weighted by Gasteiger charge is 2.08. The van der Waals surface area contributed by atoms with Crippen molar-refractivity contribution in [2.24, 2.45) is 0 Å². The molecule has 0 unspecified atom stereocenters. The molecule has 2 nitrogen and oxygen atoms in total. The van der Waals surface area contributed by atoms with E-state index in [2.05, 4.69) is 96.0 Å². The van der Waals surface area contributed by atoms with Crippen molar-refractivity contribution < 1.29 is 9.13 Å². The number of hydrogen-bond acceptors (Lipinski definition) is 0. The van der Waals surface area contributed by atoms with Gasteiger partial charge in [-0.15, -0.1) is 0 Å². The predicted molar refractivity (Wildman–Crippen MR) is 87.4 cm³/mol. The third-order valence-electron chi connectivity index (χ3n) is 4.06. The summed E-state index contributed by atoms with van der Waals surface area (Å²) < 4.78 is 4.54. The third kappa shape index (κ3) is 3.40. The molecule has 0 amide bonds. The summed E-state index contributed by atoms with van der Waals surface area (Å²) in [5.41, 5.74) is 5.22. The fourth-order valence-corrected chi connectivity index (χ4v) is 2.62. The van der Waals surface area contributed by atoms with Crippen LogP contribution in [0.3, 0.4) is 0 Å². The van der Waals surface area contributed by atoms with Crippen LogP contribution in [0.5, 0.6) is 0 Å². The van der Waals surface area contributed by atoms with E-state index in [9.17, 15) is 0 Å². The largest absolute Gasteiger partial charge is 0.198 e. The van der Waals surface area contributed by atoms with Crippen LogP contribution in [-0.4, -0.2) is 0 Å². The highest BCUT2D eigenvalue weighted by Crippen LogP contribution is 2.05. The van der Waals surface area contributed by atoms with Gasteiger partial charge in [-0.3, -0.25) is 0 Å². The van der Waals surface area contributed by atoms with Crippen LogP contribution in [0.4, 0.5) is 0 Å². The lowest BCUT2D eigenvalue weighted by Gasteiger charge is -2.03. The molecule has 0 saturated carbocycles. The minimum absolute atomic E-state index is 0.921. The van der Waals surface area contributed by atoms with Gasteiger partial charge in [-0.05, 0) is 0 Å². The number of benzene rings is 1. The maximum atomic E-state index is 2.27. The molecule has 0 spiro atoms. The van der Waals surface area contributed by atoms with Crippen LogP contribution in [0, 0.1) is 13.8 Å². The molecular formula is C20H22N2+2. The highest BCUT2D eigenvalue weighted by molar-refractivity contribution is 5.21. The minimum Gasteiger partial charge on any atom is -0.198 e. The van der Waals surface area contributed by atoms with E-state index in [1.54, 1.807) is 0 Å². The number of hydrogen-bond donors (Lipinski definition) is 0. The average molecular weight is 290 g/mol. The smallest absolute Gasteiger partial charge is 0.178 e. The lowest BCUT2D eigenvalue weighted by atomic mass is 10.1. The molecule has 0 aliphatic heterocycles. The quantitative estimate of drug-likeness (QED) is 0.653. The summed E-state index contributed by atoms with van der Waals surface area (Å²) in [7, 11) is 0. The predicted octanol–water partition coefficient (Wildman–Crippen LogP) is 2.98. The highest BCUT2D eigenvalue weighted by atomic mass is 15.0. The van der Waals surface area contributed by atoms with Crippen LogP contribution in [0.1, 0.15) is 22.5 Å². The molecule has 0 bridgehead atoms. The van der Waals surface area contributed by atoms with E-state index in [0.29, 0.717) is 0 Å². The van der Waals surface area contributed by atoms with Crippen LogP contribution in [0.25, 0.3) is 0 Å². The molecule has 0 saturated heterocycles. The van der Waals surface area contributed by atoms with Crippen LogP contribution in [-0.2, 0) is 13.1 Å². The van der Waals surface area contributed by atoms with Crippen molar-refractivity contribution >= 4 is 0 Å². The molecule has 0 aliphatic rings. The maximum Gasteiger partial charge on any atom is 0.178 e. The zero-order chi connectivity index (χ0) is 15.4. The van der Waals surface area contributed by atoms with Gasteiger partial charge in [-0.2, -0.15) is 9.13 Å². The number of nitrogens with zero attached hydrogens (tertiary/aromatic N) is 2. The van der Waals surface area contributed by atoms with Gasteiger partial charge < -0.3 is 0 Å². The lowest BCUT2D eigenvalue weighted by Crippen LogP contribution is -2.37. The topological polar surface area (TPSA) is 7.76 Å². The number of aryl methyl sites for hydroxylation is 2. The van der Waals surface area contributed by atoms with Crippen molar-refractivity contribution in [3.63, 3.8) is 0 Å². The van der Waals surface area contributed by atoms with Gasteiger partial charge in [0.2, 0.25) is 0 Å². The van der Waals surface area contributed by atoms with E-state index in [4.69, 9.17) is 0 Å². The number of aromatic nitrogens is 2. The molecule has 22 heavy (non-hydrogen) atoms. The molecule has 110 valence electrons. The summed E-state index contributed by atoms with van der Waals surface area (Å²) >= 11 is 0. The molecule has 3 aromatic rings. The fourth-order valence-electron chi connectivity index (χ4n) is 2.62. The summed E-state index contributed by atoms with van der Waals surface area (Å²) in [5.74, 6) is 0. The van der Waals surface area contributed by atoms with Crippen molar-refractivity contribution in [1.82, 2.24) is 0 Å². The van der Waals surface area contributed by atoms with Crippen LogP contribution >= 0.6 is 0 Å². The van der Waals surface area contributed by atoms with Crippen molar-refractivity contribution in [2.45, 2.75) is 26.9 Å². The van der Waals surface area contributed by atoms with E-state index in [1.165, 1.54) is 22.5 Å². The first kappa shape index (κ1) is 14.5. The van der Waals surface area contributed by atoms with Gasteiger partial charge in [0.05, 0.1) is 0 Å². The zero-order valence-electron chi connectivity index (χ0n) is 13.2. The van der Waals surface area contributed by atoms with Crippen molar-refractivity contribution in [3.05, 3.63) is 95.6 Å². The summed E-state index contributed by atoms with van der Waals surface area (Å²) in [4.78, 5) is 0. The van der Waals surface area contributed by atoms with Crippen LogP contribution in [0.15, 0.2) is 73.1 Å². The molecule has 0 aliphatic carbocycles. The van der Waals surface area contributed by atoms with Gasteiger partial charge in [0.15, 0.2) is 36.9 Å². The zero-order valence-corrected chi connectivity index (χ0v) is 13.2. The van der Waals surface area contributed by atoms with E-state index < -0.39 is 0 Å². The second-order valence-electron chi connectivity index (χ2n) is 5.76. The van der Waals surface area contributed by atoms with Crippen LogP contribution in [0.2, 0.25) is 0 Å². The molecule has 0 radical (unpaired) electrons. The Bertz CT molecular complexity index is 694. The Kier molecular flexibility index (Phi) is 4.29. The first-order valence-corrected chi connectivity index (χ1v) is 7.70. The standard InChI is InChI=1S/C20H22N2/c1-17-7-3-5-13-21(17)15-19-9-11-20(12-10-19)16-22-14-6-4-8-18(22)2/h3-14H,15-16H2,1-2H3/q+2. The lowest BCUT2D eigenvalue weighted by molar-refractivity contribution is -0.694. The van der Waals surface area contributed by atoms with E-state index in [0.717, 1.165) is 13.1 Å². The Hall–Kier alpha value is -2.48. The average Bonchev–Trinajstić information content (AvgIpc) is 2.54. The van der Waals surface area contributed by atoms with Gasteiger partial charge in [0.25, 0.3) is 0 Å². The van der Waals surface area contributed by atoms with Crippen molar-refractivity contribution in [3.8, 4) is 0 Å². The second-order valence-corrected chi connectivity index (χ2v) is 5.76. The molecular weight excluding hydrogens is 268 g/mol. The first-order chi connectivity index (χ1) is 10.7. The second kappa shape index (κ2) is 6.52. The van der Waals surface area contributed by atoms with Gasteiger partial charge >= 0.3 is 0 Å². The van der Waals surface area contributed by atoms with Gasteiger partial charge in [0.1, 0.15) is 0 Å². The van der Waals surface area contributed by atoms with E-state index in [1.807, 2.05) is 0 Å². The molecule has 2 heterocycles. The van der Waals surface area contributed by atoms with Crippen molar-refractivity contribution in [1.29, 1.82) is 0 Å². The van der Waals surface area contributed by atoms with Crippen LogP contribution < -0.4 is 9.13 Å². The molecule has 2 aromatic heterocycles. The summed E-state index contributed by atoms with van der Waals surface area (Å²) in [6.07, 6.45) is 4.26. The molecule has 2 heteroatoms. The van der Waals surface area contributed by atoms with Gasteiger partial charge in [-0.25, -0.2) is 0 Å². The van der Waals surface area contributed by atoms with Crippen molar-refractivity contribution in [2.75, 3.05) is 0 Å². The van der Waals surface area contributed by atoms with Gasteiger partial charge in [0, 0.05) is 49.2 Å². The number of rotatable bonds is 4. The SMILES string of the molecule is Cc1cccc[n+]1Cc1ccc(C[n+]2ccccc2C)cc1. The normalized spacial score (nSPS) is 10.6. The molecule has 3 rings (SSSR count). The maximum absolute atomic E-state index is 2.27. The fraction of sp³-hybridized carbons (Fsp3) is 0.200. The Morgan fingerprint density at radius 2 is 1.00 bits per heavy atom. The minimum atomic E-state index is 0.921. The summed E-state index contributed by atoms with van der Waals surface area (Å²) in [5, 5.41) is 0. The molecule has 0 fully saturated rings. The van der Waals surface area contributed by atoms with E-state index >= 15 is 0 Å². The molecule has 1 aromatic carbocycles. The summed E-state index contributed by atoms with van der Waals surface area (Å²) in [6, 6.07) is 21.5.